The van der Waals surface area contributed by atoms with Crippen LogP contribution in [0.15, 0.2) is 24.3 Å². The first kappa shape index (κ1) is 17.8. The van der Waals surface area contributed by atoms with Gasteiger partial charge < -0.3 is 15.4 Å². The van der Waals surface area contributed by atoms with Crippen molar-refractivity contribution in [1.82, 2.24) is 10.6 Å². The van der Waals surface area contributed by atoms with Crippen LogP contribution in [-0.2, 0) is 4.79 Å². The molecule has 1 aromatic rings. The fraction of sp³-hybridized carbons (Fsp3) is 0.562. The maximum atomic E-state index is 11.8. The molecule has 2 N–H and O–H groups in total. The van der Waals surface area contributed by atoms with Crippen LogP contribution in [0.1, 0.15) is 38.2 Å². The van der Waals surface area contributed by atoms with Crippen molar-refractivity contribution in [2.75, 3.05) is 19.7 Å². The monoisotopic (exact) mass is 312 g/mol. The van der Waals surface area contributed by atoms with Crippen molar-refractivity contribution in [3.05, 3.63) is 29.8 Å². The second-order valence-corrected chi connectivity index (χ2v) is 5.62. The van der Waals surface area contributed by atoms with E-state index in [4.69, 9.17) is 4.74 Å². The molecular formula is C16H25ClN2O2. The Bertz CT molecular complexity index is 428. The summed E-state index contributed by atoms with van der Waals surface area (Å²) in [5.74, 6) is 1.20. The summed E-state index contributed by atoms with van der Waals surface area (Å²) in [5.41, 5.74) is 1.27. The number of ether oxygens (including phenoxy) is 1. The number of benzene rings is 1. The van der Waals surface area contributed by atoms with Gasteiger partial charge in [0, 0.05) is 12.6 Å². The van der Waals surface area contributed by atoms with Gasteiger partial charge in [0.2, 0.25) is 0 Å². The maximum Gasteiger partial charge on any atom is 0.258 e. The molecule has 1 atom stereocenters. The average molecular weight is 313 g/mol. The van der Waals surface area contributed by atoms with Gasteiger partial charge in [-0.05, 0) is 43.0 Å². The van der Waals surface area contributed by atoms with E-state index in [1.807, 2.05) is 24.3 Å². The lowest BCUT2D eigenvalue weighted by molar-refractivity contribution is -0.123. The Morgan fingerprint density at radius 2 is 2.10 bits per heavy atom. The van der Waals surface area contributed by atoms with Crippen molar-refractivity contribution in [2.45, 2.75) is 38.6 Å². The van der Waals surface area contributed by atoms with Gasteiger partial charge in [0.05, 0.1) is 0 Å². The second-order valence-electron chi connectivity index (χ2n) is 5.62. The summed E-state index contributed by atoms with van der Waals surface area (Å²) < 4.78 is 5.51. The molecule has 118 valence electrons. The van der Waals surface area contributed by atoms with Gasteiger partial charge in [-0.2, -0.15) is 0 Å². The molecule has 1 amide bonds. The number of carbonyl (C=O) groups excluding carboxylic acids is 1. The van der Waals surface area contributed by atoms with Crippen LogP contribution < -0.4 is 15.4 Å². The number of nitrogens with one attached hydrogen (secondary N) is 2. The molecule has 0 spiro atoms. The van der Waals surface area contributed by atoms with Crippen LogP contribution in [0, 0.1) is 0 Å². The molecule has 2 rings (SSSR count). The minimum atomic E-state index is -0.0494. The molecule has 0 aliphatic carbocycles. The Morgan fingerprint density at radius 3 is 2.67 bits per heavy atom. The summed E-state index contributed by atoms with van der Waals surface area (Å²) in [6, 6.07) is 8.17. The van der Waals surface area contributed by atoms with Gasteiger partial charge in [0.15, 0.2) is 6.61 Å². The molecule has 4 nitrogen and oxygen atoms in total. The molecule has 1 aliphatic rings. The Balaban J connectivity index is 0.00000220. The molecule has 0 saturated carbocycles. The van der Waals surface area contributed by atoms with E-state index in [0.29, 0.717) is 5.92 Å². The molecule has 1 saturated heterocycles. The summed E-state index contributed by atoms with van der Waals surface area (Å²) in [5, 5.41) is 6.27. The summed E-state index contributed by atoms with van der Waals surface area (Å²) in [6.07, 6.45) is 2.16. The van der Waals surface area contributed by atoms with Crippen LogP contribution >= 0.6 is 12.4 Å². The van der Waals surface area contributed by atoms with E-state index in [1.165, 1.54) is 5.56 Å². The minimum absolute atomic E-state index is 0. The van der Waals surface area contributed by atoms with Crippen LogP contribution in [0.2, 0.25) is 0 Å². The Labute approximate surface area is 133 Å². The molecule has 1 fully saturated rings. The second kappa shape index (κ2) is 8.90. The zero-order valence-corrected chi connectivity index (χ0v) is 13.5. The average Bonchev–Trinajstić information content (AvgIpc) is 2.46. The molecule has 0 radical (unpaired) electrons. The molecule has 21 heavy (non-hydrogen) atoms. The number of hydrogen-bond acceptors (Lipinski definition) is 3. The first-order valence-electron chi connectivity index (χ1n) is 7.38. The van der Waals surface area contributed by atoms with E-state index >= 15 is 0 Å². The summed E-state index contributed by atoms with van der Waals surface area (Å²) in [7, 11) is 0. The Morgan fingerprint density at radius 1 is 1.38 bits per heavy atom. The van der Waals surface area contributed by atoms with Gasteiger partial charge in [-0.1, -0.05) is 26.0 Å². The largest absolute Gasteiger partial charge is 0.484 e. The molecule has 1 heterocycles. The van der Waals surface area contributed by atoms with Gasteiger partial charge >= 0.3 is 0 Å². The van der Waals surface area contributed by atoms with Crippen LogP contribution in [-0.4, -0.2) is 31.6 Å². The van der Waals surface area contributed by atoms with E-state index in [9.17, 15) is 4.79 Å². The van der Waals surface area contributed by atoms with E-state index in [2.05, 4.69) is 24.5 Å². The van der Waals surface area contributed by atoms with Crippen molar-refractivity contribution in [3.63, 3.8) is 0 Å². The van der Waals surface area contributed by atoms with Crippen LogP contribution in [0.4, 0.5) is 0 Å². The smallest absolute Gasteiger partial charge is 0.258 e. The van der Waals surface area contributed by atoms with E-state index in [0.717, 1.165) is 31.7 Å². The summed E-state index contributed by atoms with van der Waals surface area (Å²) in [6.45, 7) is 6.29. The molecule has 1 unspecified atom stereocenters. The first-order valence-corrected chi connectivity index (χ1v) is 7.38. The van der Waals surface area contributed by atoms with E-state index < -0.39 is 0 Å². The van der Waals surface area contributed by atoms with Crippen molar-refractivity contribution >= 4 is 18.3 Å². The SMILES string of the molecule is CC(C)c1ccc(OCC(=O)NC2CCCNC2)cc1.Cl. The third-order valence-corrected chi connectivity index (χ3v) is 3.58. The highest BCUT2D eigenvalue weighted by Gasteiger charge is 2.15. The molecule has 5 heteroatoms. The molecule has 1 aliphatic heterocycles. The van der Waals surface area contributed by atoms with Crippen molar-refractivity contribution in [1.29, 1.82) is 0 Å². The Kier molecular flexibility index (Phi) is 7.54. The van der Waals surface area contributed by atoms with Crippen molar-refractivity contribution in [2.24, 2.45) is 0 Å². The zero-order chi connectivity index (χ0) is 14.4. The van der Waals surface area contributed by atoms with Gasteiger partial charge in [-0.3, -0.25) is 4.79 Å². The number of rotatable bonds is 5. The van der Waals surface area contributed by atoms with Crippen molar-refractivity contribution < 1.29 is 9.53 Å². The molecular weight excluding hydrogens is 288 g/mol. The minimum Gasteiger partial charge on any atom is -0.484 e. The van der Waals surface area contributed by atoms with E-state index in [1.54, 1.807) is 0 Å². The number of amides is 1. The van der Waals surface area contributed by atoms with Crippen LogP contribution in [0.25, 0.3) is 0 Å². The standard InChI is InChI=1S/C16H24N2O2.ClH/c1-12(2)13-5-7-15(8-6-13)20-11-16(19)18-14-4-3-9-17-10-14;/h5-8,12,14,17H,3-4,9-11H2,1-2H3,(H,18,19);1H. The normalized spacial score (nSPS) is 18.0. The third-order valence-electron chi connectivity index (χ3n) is 3.58. The molecule has 0 aromatic heterocycles. The number of halogens is 1. The highest BCUT2D eigenvalue weighted by molar-refractivity contribution is 5.85. The van der Waals surface area contributed by atoms with Crippen LogP contribution in [0.5, 0.6) is 5.75 Å². The predicted octanol–water partition coefficient (Wildman–Crippen LogP) is 2.48. The van der Waals surface area contributed by atoms with Crippen LogP contribution in [0.3, 0.4) is 0 Å². The topological polar surface area (TPSA) is 50.4 Å². The Hall–Kier alpha value is -1.26. The van der Waals surface area contributed by atoms with Crippen molar-refractivity contribution in [3.8, 4) is 5.75 Å². The van der Waals surface area contributed by atoms with Gasteiger partial charge in [0.1, 0.15) is 5.75 Å². The summed E-state index contributed by atoms with van der Waals surface area (Å²) in [4.78, 5) is 11.8. The summed E-state index contributed by atoms with van der Waals surface area (Å²) >= 11 is 0. The molecule has 1 aromatic carbocycles. The highest BCUT2D eigenvalue weighted by atomic mass is 35.5. The molecule has 0 bridgehead atoms. The number of hydrogen-bond donors (Lipinski definition) is 2. The lowest BCUT2D eigenvalue weighted by Gasteiger charge is -2.23. The van der Waals surface area contributed by atoms with Gasteiger partial charge in [-0.25, -0.2) is 0 Å². The third kappa shape index (κ3) is 5.94. The predicted molar refractivity (Wildman–Crippen MR) is 87.3 cm³/mol. The fourth-order valence-electron chi connectivity index (χ4n) is 2.34. The van der Waals surface area contributed by atoms with E-state index in [-0.39, 0.29) is 31.0 Å². The fourth-order valence-corrected chi connectivity index (χ4v) is 2.34. The lowest BCUT2D eigenvalue weighted by atomic mass is 10.0. The number of piperidine rings is 1. The lowest BCUT2D eigenvalue weighted by Crippen LogP contribution is -2.46. The van der Waals surface area contributed by atoms with Gasteiger partial charge in [0.25, 0.3) is 5.91 Å². The number of carbonyl (C=O) groups is 1. The zero-order valence-electron chi connectivity index (χ0n) is 12.7. The van der Waals surface area contributed by atoms with Gasteiger partial charge in [-0.15, -0.1) is 12.4 Å². The first-order chi connectivity index (χ1) is 9.65. The highest BCUT2D eigenvalue weighted by Crippen LogP contribution is 2.18. The quantitative estimate of drug-likeness (QED) is 0.878. The maximum absolute atomic E-state index is 11.8.